The largest absolute Gasteiger partial charge is 0.327 e. The maximum Gasteiger partial charge on any atom is 0.123 e. The first-order chi connectivity index (χ1) is 7.86. The predicted molar refractivity (Wildman–Crippen MR) is 65.9 cm³/mol. The van der Waals surface area contributed by atoms with Crippen molar-refractivity contribution in [2.24, 2.45) is 0 Å². The Labute approximate surface area is 95.5 Å². The topological polar surface area (TPSA) is 29.9 Å². The van der Waals surface area contributed by atoms with Gasteiger partial charge in [-0.15, -0.1) is 6.42 Å². The zero-order chi connectivity index (χ0) is 11.4. The molecule has 3 nitrogen and oxygen atoms in total. The molecular formula is C13H15N3. The van der Waals surface area contributed by atoms with Crippen molar-refractivity contribution in [3.05, 3.63) is 30.1 Å². The number of aryl methyl sites for hydroxylation is 1. The first kappa shape index (κ1) is 10.7. The summed E-state index contributed by atoms with van der Waals surface area (Å²) in [6.45, 7) is 4.34. The molecule has 1 aromatic heterocycles. The van der Waals surface area contributed by atoms with Crippen LogP contribution in [-0.4, -0.2) is 16.1 Å². The highest BCUT2D eigenvalue weighted by Gasteiger charge is 2.07. The molecule has 0 atom stereocenters. The van der Waals surface area contributed by atoms with E-state index < -0.39 is 0 Å². The zero-order valence-electron chi connectivity index (χ0n) is 9.40. The second-order valence-corrected chi connectivity index (χ2v) is 3.57. The highest BCUT2D eigenvalue weighted by atomic mass is 15.1. The summed E-state index contributed by atoms with van der Waals surface area (Å²) in [6, 6.07) is 8.17. The molecule has 2 aromatic rings. The van der Waals surface area contributed by atoms with Gasteiger partial charge in [0.05, 0.1) is 24.1 Å². The van der Waals surface area contributed by atoms with E-state index in [2.05, 4.69) is 33.8 Å². The number of nitrogens with zero attached hydrogens (tertiary/aromatic N) is 2. The summed E-state index contributed by atoms with van der Waals surface area (Å²) in [5.41, 5.74) is 2.23. The SMILES string of the molecule is C#CCNCc1nc2ccccc2n1CC. The van der Waals surface area contributed by atoms with Gasteiger partial charge in [0.15, 0.2) is 0 Å². The van der Waals surface area contributed by atoms with Crippen LogP contribution in [0.1, 0.15) is 12.7 Å². The van der Waals surface area contributed by atoms with E-state index in [1.54, 1.807) is 0 Å². The molecule has 0 saturated carbocycles. The summed E-state index contributed by atoms with van der Waals surface area (Å²) < 4.78 is 2.21. The van der Waals surface area contributed by atoms with Crippen molar-refractivity contribution < 1.29 is 0 Å². The fraction of sp³-hybridized carbons (Fsp3) is 0.308. The average molecular weight is 213 g/mol. The number of terminal acetylenes is 1. The van der Waals surface area contributed by atoms with E-state index in [0.29, 0.717) is 13.1 Å². The molecule has 0 aliphatic carbocycles. The van der Waals surface area contributed by atoms with Gasteiger partial charge in [-0.1, -0.05) is 18.1 Å². The van der Waals surface area contributed by atoms with Crippen LogP contribution in [0, 0.1) is 12.3 Å². The quantitative estimate of drug-likeness (QED) is 0.619. The number of para-hydroxylation sites is 2. The summed E-state index contributed by atoms with van der Waals surface area (Å²) in [5, 5.41) is 3.17. The molecule has 0 aliphatic heterocycles. The summed E-state index contributed by atoms with van der Waals surface area (Å²) in [5.74, 6) is 3.60. The summed E-state index contributed by atoms with van der Waals surface area (Å²) in [6.07, 6.45) is 5.20. The molecule has 0 amide bonds. The number of fused-ring (bicyclic) bond motifs is 1. The average Bonchev–Trinajstić information content (AvgIpc) is 2.67. The highest BCUT2D eigenvalue weighted by Crippen LogP contribution is 2.15. The Hall–Kier alpha value is -1.79. The van der Waals surface area contributed by atoms with Gasteiger partial charge in [-0.2, -0.15) is 0 Å². The van der Waals surface area contributed by atoms with Crippen LogP contribution in [-0.2, 0) is 13.1 Å². The molecule has 1 heterocycles. The predicted octanol–water partition coefficient (Wildman–Crippen LogP) is 1.78. The van der Waals surface area contributed by atoms with Crippen LogP contribution in [0.4, 0.5) is 0 Å². The molecule has 16 heavy (non-hydrogen) atoms. The highest BCUT2D eigenvalue weighted by molar-refractivity contribution is 5.75. The Bertz CT molecular complexity index is 519. The molecule has 1 aromatic carbocycles. The summed E-state index contributed by atoms with van der Waals surface area (Å²) >= 11 is 0. The fourth-order valence-corrected chi connectivity index (χ4v) is 1.86. The van der Waals surface area contributed by atoms with Gasteiger partial charge >= 0.3 is 0 Å². The Balaban J connectivity index is 2.33. The molecule has 0 spiro atoms. The lowest BCUT2D eigenvalue weighted by Gasteiger charge is -2.05. The van der Waals surface area contributed by atoms with Gasteiger partial charge in [0.2, 0.25) is 0 Å². The molecule has 0 fully saturated rings. The lowest BCUT2D eigenvalue weighted by Crippen LogP contribution is -2.16. The Kier molecular flexibility index (Phi) is 3.23. The van der Waals surface area contributed by atoms with Crippen molar-refractivity contribution in [3.8, 4) is 12.3 Å². The van der Waals surface area contributed by atoms with Gasteiger partial charge in [-0.25, -0.2) is 4.98 Å². The van der Waals surface area contributed by atoms with Gasteiger partial charge in [0, 0.05) is 6.54 Å². The monoisotopic (exact) mass is 213 g/mol. The number of rotatable bonds is 4. The zero-order valence-corrected chi connectivity index (χ0v) is 9.40. The van der Waals surface area contributed by atoms with Crippen molar-refractivity contribution in [1.82, 2.24) is 14.9 Å². The maximum absolute atomic E-state index is 5.20. The minimum atomic E-state index is 0.576. The molecule has 3 heteroatoms. The van der Waals surface area contributed by atoms with Crippen molar-refractivity contribution in [2.75, 3.05) is 6.54 Å². The first-order valence-electron chi connectivity index (χ1n) is 5.45. The molecule has 1 N–H and O–H groups in total. The third kappa shape index (κ3) is 1.93. The summed E-state index contributed by atoms with van der Waals surface area (Å²) in [4.78, 5) is 4.59. The number of hydrogen-bond acceptors (Lipinski definition) is 2. The Morgan fingerprint density at radius 2 is 2.25 bits per heavy atom. The second-order valence-electron chi connectivity index (χ2n) is 3.57. The molecule has 0 radical (unpaired) electrons. The van der Waals surface area contributed by atoms with Gasteiger partial charge < -0.3 is 4.57 Å². The van der Waals surface area contributed by atoms with E-state index in [-0.39, 0.29) is 0 Å². The van der Waals surface area contributed by atoms with Gasteiger partial charge in [-0.05, 0) is 19.1 Å². The lowest BCUT2D eigenvalue weighted by molar-refractivity contribution is 0.655. The molecule has 0 bridgehead atoms. The molecule has 0 aliphatic rings. The molecule has 0 saturated heterocycles. The standard InChI is InChI=1S/C13H15N3/c1-3-9-14-10-13-15-11-7-5-6-8-12(11)16(13)4-2/h1,5-8,14H,4,9-10H2,2H3. The Morgan fingerprint density at radius 3 is 3.00 bits per heavy atom. The molecular weight excluding hydrogens is 198 g/mol. The first-order valence-corrected chi connectivity index (χ1v) is 5.45. The lowest BCUT2D eigenvalue weighted by atomic mass is 10.3. The van der Waals surface area contributed by atoms with E-state index in [9.17, 15) is 0 Å². The van der Waals surface area contributed by atoms with E-state index >= 15 is 0 Å². The second kappa shape index (κ2) is 4.82. The minimum absolute atomic E-state index is 0.576. The van der Waals surface area contributed by atoms with Crippen LogP contribution in [0.3, 0.4) is 0 Å². The fourth-order valence-electron chi connectivity index (χ4n) is 1.86. The third-order valence-electron chi connectivity index (χ3n) is 2.56. The van der Waals surface area contributed by atoms with E-state index in [4.69, 9.17) is 6.42 Å². The molecule has 0 unspecified atom stereocenters. The summed E-state index contributed by atoms with van der Waals surface area (Å²) in [7, 11) is 0. The number of benzene rings is 1. The van der Waals surface area contributed by atoms with Crippen LogP contribution in [0.25, 0.3) is 11.0 Å². The molecule has 82 valence electrons. The number of hydrogen-bond donors (Lipinski definition) is 1. The van der Waals surface area contributed by atoms with Crippen molar-refractivity contribution >= 4 is 11.0 Å². The smallest absolute Gasteiger partial charge is 0.123 e. The van der Waals surface area contributed by atoms with Crippen LogP contribution in [0.2, 0.25) is 0 Å². The van der Waals surface area contributed by atoms with E-state index in [0.717, 1.165) is 17.9 Å². The number of nitrogens with one attached hydrogen (secondary N) is 1. The van der Waals surface area contributed by atoms with Gasteiger partial charge in [-0.3, -0.25) is 5.32 Å². The van der Waals surface area contributed by atoms with Crippen molar-refractivity contribution in [1.29, 1.82) is 0 Å². The number of imidazole rings is 1. The normalized spacial score (nSPS) is 10.5. The van der Waals surface area contributed by atoms with Crippen molar-refractivity contribution in [2.45, 2.75) is 20.0 Å². The van der Waals surface area contributed by atoms with E-state index in [1.165, 1.54) is 5.52 Å². The van der Waals surface area contributed by atoms with Crippen LogP contribution in [0.5, 0.6) is 0 Å². The number of aromatic nitrogens is 2. The Morgan fingerprint density at radius 1 is 1.44 bits per heavy atom. The maximum atomic E-state index is 5.20. The van der Waals surface area contributed by atoms with Gasteiger partial charge in [0.1, 0.15) is 5.82 Å². The van der Waals surface area contributed by atoms with Crippen LogP contribution >= 0.6 is 0 Å². The van der Waals surface area contributed by atoms with Crippen molar-refractivity contribution in [3.63, 3.8) is 0 Å². The molecule has 2 rings (SSSR count). The van der Waals surface area contributed by atoms with Crippen LogP contribution in [0.15, 0.2) is 24.3 Å². The minimum Gasteiger partial charge on any atom is -0.327 e. The van der Waals surface area contributed by atoms with Gasteiger partial charge in [0.25, 0.3) is 0 Å². The third-order valence-corrected chi connectivity index (χ3v) is 2.56. The van der Waals surface area contributed by atoms with Crippen LogP contribution < -0.4 is 5.32 Å². The van der Waals surface area contributed by atoms with E-state index in [1.807, 2.05) is 18.2 Å².